The maximum atomic E-state index is 12.8. The van der Waals surface area contributed by atoms with E-state index in [9.17, 15) is 9.59 Å². The molecular formula is C19H23N3O3. The summed E-state index contributed by atoms with van der Waals surface area (Å²) in [7, 11) is 0. The van der Waals surface area contributed by atoms with Crippen LogP contribution in [0.1, 0.15) is 35.5 Å². The summed E-state index contributed by atoms with van der Waals surface area (Å²) in [5.41, 5.74) is 2.66. The van der Waals surface area contributed by atoms with Gasteiger partial charge in [0.05, 0.1) is 18.2 Å². The number of amides is 2. The lowest BCUT2D eigenvalue weighted by atomic mass is 10.0. The van der Waals surface area contributed by atoms with Gasteiger partial charge in [-0.2, -0.15) is 0 Å². The zero-order valence-electron chi connectivity index (χ0n) is 14.9. The molecule has 3 rings (SSSR count). The molecule has 0 spiro atoms. The second-order valence-electron chi connectivity index (χ2n) is 6.46. The first-order valence-electron chi connectivity index (χ1n) is 8.49. The summed E-state index contributed by atoms with van der Waals surface area (Å²) < 4.78 is 5.15. The summed E-state index contributed by atoms with van der Waals surface area (Å²) in [6.45, 7) is 6.85. The van der Waals surface area contributed by atoms with Crippen molar-refractivity contribution in [3.05, 3.63) is 52.9 Å². The lowest BCUT2D eigenvalue weighted by Gasteiger charge is -2.41. The van der Waals surface area contributed by atoms with E-state index in [2.05, 4.69) is 5.16 Å². The van der Waals surface area contributed by atoms with E-state index in [1.807, 2.05) is 54.0 Å². The number of hydrogen-bond acceptors (Lipinski definition) is 4. The Morgan fingerprint density at radius 1 is 1.20 bits per heavy atom. The highest BCUT2D eigenvalue weighted by molar-refractivity contribution is 5.80. The van der Waals surface area contributed by atoms with Crippen molar-refractivity contribution in [3.8, 4) is 0 Å². The van der Waals surface area contributed by atoms with Gasteiger partial charge in [0.25, 0.3) is 0 Å². The average Bonchev–Trinajstić information content (AvgIpc) is 2.93. The van der Waals surface area contributed by atoms with Gasteiger partial charge < -0.3 is 14.3 Å². The highest BCUT2D eigenvalue weighted by Crippen LogP contribution is 2.26. The summed E-state index contributed by atoms with van der Waals surface area (Å²) in [5.74, 6) is 0.762. The molecule has 0 N–H and O–H groups in total. The van der Waals surface area contributed by atoms with Gasteiger partial charge in [0.15, 0.2) is 0 Å². The molecular weight excluding hydrogens is 318 g/mol. The number of aromatic nitrogens is 1. The Balaban J connectivity index is 1.78. The molecule has 6 nitrogen and oxygen atoms in total. The van der Waals surface area contributed by atoms with Crippen LogP contribution in [0.15, 0.2) is 34.9 Å². The molecule has 2 aromatic rings. The highest BCUT2D eigenvalue weighted by Gasteiger charge is 2.32. The summed E-state index contributed by atoms with van der Waals surface area (Å²) in [6.07, 6.45) is 0.281. The van der Waals surface area contributed by atoms with Crippen LogP contribution in [0.25, 0.3) is 0 Å². The standard InChI is InChI=1S/C19H23N3O3/c1-13-17(14(2)25-20-13)11-19(24)21-9-10-22(15(3)23)18(12-21)16-7-5-4-6-8-16/h4-8,18H,9-12H2,1-3H3. The quantitative estimate of drug-likeness (QED) is 0.859. The topological polar surface area (TPSA) is 66.7 Å². The smallest absolute Gasteiger partial charge is 0.227 e. The summed E-state index contributed by atoms with van der Waals surface area (Å²) >= 11 is 0. The molecule has 1 aromatic carbocycles. The van der Waals surface area contributed by atoms with Crippen molar-refractivity contribution in [2.75, 3.05) is 19.6 Å². The molecule has 1 aliphatic heterocycles. The second-order valence-corrected chi connectivity index (χ2v) is 6.46. The van der Waals surface area contributed by atoms with Crippen molar-refractivity contribution < 1.29 is 14.1 Å². The molecule has 1 aliphatic rings. The van der Waals surface area contributed by atoms with E-state index in [1.165, 1.54) is 0 Å². The minimum absolute atomic E-state index is 0.0340. The zero-order chi connectivity index (χ0) is 18.0. The third-order valence-electron chi connectivity index (χ3n) is 4.83. The number of piperazine rings is 1. The van der Waals surface area contributed by atoms with Crippen molar-refractivity contribution in [1.29, 1.82) is 0 Å². The van der Waals surface area contributed by atoms with Crippen LogP contribution in [0.3, 0.4) is 0 Å². The van der Waals surface area contributed by atoms with Gasteiger partial charge in [0.2, 0.25) is 11.8 Å². The van der Waals surface area contributed by atoms with Gasteiger partial charge in [-0.05, 0) is 19.4 Å². The number of rotatable bonds is 3. The van der Waals surface area contributed by atoms with Crippen LogP contribution < -0.4 is 0 Å². The van der Waals surface area contributed by atoms with Crippen LogP contribution >= 0.6 is 0 Å². The lowest BCUT2D eigenvalue weighted by Crippen LogP contribution is -2.52. The molecule has 1 atom stereocenters. The SMILES string of the molecule is CC(=O)N1CCN(C(=O)Cc2c(C)noc2C)CC1c1ccccc1. The molecule has 1 fully saturated rings. The molecule has 0 bridgehead atoms. The minimum atomic E-state index is -0.110. The maximum Gasteiger partial charge on any atom is 0.227 e. The third-order valence-corrected chi connectivity index (χ3v) is 4.83. The Morgan fingerprint density at radius 3 is 2.52 bits per heavy atom. The third kappa shape index (κ3) is 3.57. The molecule has 2 heterocycles. The van der Waals surface area contributed by atoms with Gasteiger partial charge >= 0.3 is 0 Å². The minimum Gasteiger partial charge on any atom is -0.361 e. The van der Waals surface area contributed by atoms with Gasteiger partial charge in [-0.25, -0.2) is 0 Å². The fourth-order valence-electron chi connectivity index (χ4n) is 3.36. The molecule has 1 aromatic heterocycles. The van der Waals surface area contributed by atoms with Crippen molar-refractivity contribution >= 4 is 11.8 Å². The summed E-state index contributed by atoms with van der Waals surface area (Å²) in [6, 6.07) is 9.76. The number of nitrogens with zero attached hydrogens (tertiary/aromatic N) is 3. The van der Waals surface area contributed by atoms with Gasteiger partial charge in [-0.1, -0.05) is 35.5 Å². The van der Waals surface area contributed by atoms with Gasteiger partial charge in [0.1, 0.15) is 5.76 Å². The zero-order valence-corrected chi connectivity index (χ0v) is 14.9. The first-order chi connectivity index (χ1) is 12.0. The fourth-order valence-corrected chi connectivity index (χ4v) is 3.36. The Kier molecular flexibility index (Phi) is 4.88. The van der Waals surface area contributed by atoms with Crippen LogP contribution in [0.5, 0.6) is 0 Å². The molecule has 1 unspecified atom stereocenters. The Morgan fingerprint density at radius 2 is 1.92 bits per heavy atom. The van der Waals surface area contributed by atoms with Crippen LogP contribution in [0, 0.1) is 13.8 Å². The van der Waals surface area contributed by atoms with E-state index < -0.39 is 0 Å². The molecule has 0 aliphatic carbocycles. The van der Waals surface area contributed by atoms with Gasteiger partial charge in [-0.15, -0.1) is 0 Å². The number of carbonyl (C=O) groups is 2. The van der Waals surface area contributed by atoms with E-state index in [1.54, 1.807) is 6.92 Å². The number of aryl methyl sites for hydroxylation is 2. The Labute approximate surface area is 147 Å². The molecule has 2 amide bonds. The van der Waals surface area contributed by atoms with E-state index in [0.717, 1.165) is 16.8 Å². The average molecular weight is 341 g/mol. The first-order valence-corrected chi connectivity index (χ1v) is 8.49. The van der Waals surface area contributed by atoms with Crippen LogP contribution in [0.4, 0.5) is 0 Å². The van der Waals surface area contributed by atoms with Crippen molar-refractivity contribution in [3.63, 3.8) is 0 Å². The fraction of sp³-hybridized carbons (Fsp3) is 0.421. The molecule has 132 valence electrons. The molecule has 25 heavy (non-hydrogen) atoms. The van der Waals surface area contributed by atoms with Gasteiger partial charge in [-0.3, -0.25) is 9.59 Å². The summed E-state index contributed by atoms with van der Waals surface area (Å²) in [5, 5.41) is 3.91. The maximum absolute atomic E-state index is 12.8. The number of benzene rings is 1. The van der Waals surface area contributed by atoms with E-state index in [0.29, 0.717) is 25.4 Å². The van der Waals surface area contributed by atoms with E-state index in [4.69, 9.17) is 4.52 Å². The summed E-state index contributed by atoms with van der Waals surface area (Å²) in [4.78, 5) is 28.5. The van der Waals surface area contributed by atoms with Crippen molar-refractivity contribution in [1.82, 2.24) is 15.0 Å². The molecule has 1 saturated heterocycles. The largest absolute Gasteiger partial charge is 0.361 e. The predicted octanol–water partition coefficient (Wildman–Crippen LogP) is 2.27. The van der Waals surface area contributed by atoms with Crippen LogP contribution in [-0.2, 0) is 16.0 Å². The lowest BCUT2D eigenvalue weighted by molar-refractivity contribution is -0.141. The normalized spacial score (nSPS) is 17.6. The number of carbonyl (C=O) groups excluding carboxylic acids is 2. The van der Waals surface area contributed by atoms with Crippen molar-refractivity contribution in [2.24, 2.45) is 0 Å². The molecule has 6 heteroatoms. The Hall–Kier alpha value is -2.63. The van der Waals surface area contributed by atoms with Gasteiger partial charge in [0, 0.05) is 32.1 Å². The first kappa shape index (κ1) is 17.2. The van der Waals surface area contributed by atoms with E-state index in [-0.39, 0.29) is 24.3 Å². The van der Waals surface area contributed by atoms with Crippen molar-refractivity contribution in [2.45, 2.75) is 33.2 Å². The van der Waals surface area contributed by atoms with Crippen LogP contribution in [-0.4, -0.2) is 46.4 Å². The Bertz CT molecular complexity index is 750. The monoisotopic (exact) mass is 341 g/mol. The molecule has 0 saturated carbocycles. The predicted molar refractivity (Wildman–Crippen MR) is 92.8 cm³/mol. The highest BCUT2D eigenvalue weighted by atomic mass is 16.5. The second kappa shape index (κ2) is 7.09. The number of hydrogen-bond donors (Lipinski definition) is 0. The molecule has 0 radical (unpaired) electrons. The van der Waals surface area contributed by atoms with E-state index >= 15 is 0 Å². The van der Waals surface area contributed by atoms with Crippen LogP contribution in [0.2, 0.25) is 0 Å².